The largest absolute Gasteiger partial charge is 0.323 e. The smallest absolute Gasteiger partial charge is 0.314 e. The Morgan fingerprint density at radius 3 is 2.67 bits per heavy atom. The van der Waals surface area contributed by atoms with Crippen LogP contribution in [-0.4, -0.2) is 29.4 Å². The zero-order valence-corrected chi connectivity index (χ0v) is 9.63. The number of likely N-dealkylation sites (N-methyl/N-ethyl adjacent to an activating group) is 1. The number of urea groups is 1. The molecule has 2 rings (SSSR count). The molecule has 0 aromatic rings. The maximum absolute atomic E-state index is 11.6. The van der Waals surface area contributed by atoms with E-state index in [0.29, 0.717) is 17.7 Å². The van der Waals surface area contributed by atoms with Crippen LogP contribution in [0.5, 0.6) is 0 Å². The number of hydrogen-bond donors (Lipinski definition) is 2. The molecule has 2 fully saturated rings. The van der Waals surface area contributed by atoms with Gasteiger partial charge >= 0.3 is 6.03 Å². The number of carbonyl (C=O) groups excluding carboxylic acids is 1. The van der Waals surface area contributed by atoms with Crippen molar-refractivity contribution in [1.29, 1.82) is 5.41 Å². The summed E-state index contributed by atoms with van der Waals surface area (Å²) in [4.78, 5) is 13.3. The van der Waals surface area contributed by atoms with Gasteiger partial charge in [0.25, 0.3) is 0 Å². The van der Waals surface area contributed by atoms with Crippen LogP contribution in [0.25, 0.3) is 0 Å². The highest BCUT2D eigenvalue weighted by atomic mass is 16.2. The first-order valence-corrected chi connectivity index (χ1v) is 5.62. The number of nitrogens with one attached hydrogen (secondary N) is 2. The Hall–Kier alpha value is -1.06. The van der Waals surface area contributed by atoms with E-state index in [2.05, 4.69) is 19.2 Å². The van der Waals surface area contributed by atoms with E-state index in [1.807, 2.05) is 7.05 Å². The molecule has 1 saturated heterocycles. The molecule has 1 aliphatic carbocycles. The Kier molecular flexibility index (Phi) is 2.24. The molecule has 3 atom stereocenters. The Morgan fingerprint density at radius 2 is 2.20 bits per heavy atom. The number of rotatable bonds is 0. The molecule has 2 aliphatic rings. The fraction of sp³-hybridized carbons (Fsp3) is 0.818. The van der Waals surface area contributed by atoms with Gasteiger partial charge in [0.15, 0.2) is 0 Å². The van der Waals surface area contributed by atoms with E-state index in [9.17, 15) is 4.79 Å². The van der Waals surface area contributed by atoms with Crippen LogP contribution < -0.4 is 5.32 Å². The van der Waals surface area contributed by atoms with Crippen molar-refractivity contribution in [2.45, 2.75) is 38.6 Å². The van der Waals surface area contributed by atoms with E-state index in [1.165, 1.54) is 0 Å². The third kappa shape index (κ3) is 1.27. The number of amidine groups is 1. The van der Waals surface area contributed by atoms with Gasteiger partial charge in [0.1, 0.15) is 11.4 Å². The molecule has 4 nitrogen and oxygen atoms in total. The Labute approximate surface area is 90.5 Å². The molecule has 15 heavy (non-hydrogen) atoms. The molecule has 2 amide bonds. The maximum atomic E-state index is 11.6. The maximum Gasteiger partial charge on any atom is 0.323 e. The second kappa shape index (κ2) is 3.22. The van der Waals surface area contributed by atoms with Crippen LogP contribution in [0, 0.1) is 17.2 Å². The second-order valence-electron chi connectivity index (χ2n) is 5.07. The summed E-state index contributed by atoms with van der Waals surface area (Å²) in [5, 5.41) is 10.6. The fourth-order valence-electron chi connectivity index (χ4n) is 3.15. The van der Waals surface area contributed by atoms with Crippen LogP contribution in [0.3, 0.4) is 0 Å². The average Bonchev–Trinajstić information content (AvgIpc) is 2.36. The van der Waals surface area contributed by atoms with E-state index in [1.54, 1.807) is 4.90 Å². The SMILES string of the molecule is CC1CCC2(C(=N)NC(=O)N2C)C(C)C1. The lowest BCUT2D eigenvalue weighted by molar-refractivity contribution is 0.104. The summed E-state index contributed by atoms with van der Waals surface area (Å²) in [6, 6.07) is -0.124. The van der Waals surface area contributed by atoms with Gasteiger partial charge in [0.05, 0.1) is 0 Å². The van der Waals surface area contributed by atoms with E-state index in [4.69, 9.17) is 5.41 Å². The molecule has 1 aliphatic heterocycles. The Morgan fingerprint density at radius 1 is 1.53 bits per heavy atom. The molecule has 1 spiro atoms. The summed E-state index contributed by atoms with van der Waals surface area (Å²) >= 11 is 0. The molecule has 4 heteroatoms. The lowest BCUT2D eigenvalue weighted by Crippen LogP contribution is -2.55. The topological polar surface area (TPSA) is 56.2 Å². The lowest BCUT2D eigenvalue weighted by atomic mass is 9.69. The summed E-state index contributed by atoms with van der Waals surface area (Å²) in [6.45, 7) is 4.40. The van der Waals surface area contributed by atoms with Crippen LogP contribution >= 0.6 is 0 Å². The van der Waals surface area contributed by atoms with Gasteiger partial charge in [0.2, 0.25) is 0 Å². The van der Waals surface area contributed by atoms with Crippen molar-refractivity contribution < 1.29 is 4.79 Å². The molecule has 2 N–H and O–H groups in total. The van der Waals surface area contributed by atoms with Crippen molar-refractivity contribution in [2.24, 2.45) is 11.8 Å². The molecule has 0 radical (unpaired) electrons. The van der Waals surface area contributed by atoms with Crippen LogP contribution in [0.4, 0.5) is 4.79 Å². The monoisotopic (exact) mass is 209 g/mol. The Bertz CT molecular complexity index is 315. The van der Waals surface area contributed by atoms with Gasteiger partial charge in [0, 0.05) is 7.05 Å². The van der Waals surface area contributed by atoms with Gasteiger partial charge in [-0.25, -0.2) is 4.79 Å². The molecular formula is C11H19N3O. The van der Waals surface area contributed by atoms with Crippen molar-refractivity contribution >= 4 is 11.9 Å². The second-order valence-corrected chi connectivity index (χ2v) is 5.07. The standard InChI is InChI=1S/C11H19N3O/c1-7-4-5-11(8(2)6-7)9(12)13-10(15)14(11)3/h7-8H,4-6H2,1-3H3,(H2,12,13,15). The van der Waals surface area contributed by atoms with E-state index in [0.717, 1.165) is 19.3 Å². The summed E-state index contributed by atoms with van der Waals surface area (Å²) in [6.07, 6.45) is 3.12. The molecule has 0 aromatic carbocycles. The summed E-state index contributed by atoms with van der Waals surface area (Å²) < 4.78 is 0. The highest BCUT2D eigenvalue weighted by molar-refractivity contribution is 6.08. The van der Waals surface area contributed by atoms with Gasteiger partial charge in [-0.1, -0.05) is 13.8 Å². The van der Waals surface area contributed by atoms with Crippen LogP contribution in [0.2, 0.25) is 0 Å². The van der Waals surface area contributed by atoms with Gasteiger partial charge in [-0.05, 0) is 31.1 Å². The molecular weight excluding hydrogens is 190 g/mol. The van der Waals surface area contributed by atoms with Crippen molar-refractivity contribution in [3.63, 3.8) is 0 Å². The molecule has 3 unspecified atom stereocenters. The lowest BCUT2D eigenvalue weighted by Gasteiger charge is -2.44. The zero-order valence-electron chi connectivity index (χ0n) is 9.63. The van der Waals surface area contributed by atoms with Crippen molar-refractivity contribution in [1.82, 2.24) is 10.2 Å². The quantitative estimate of drug-likeness (QED) is 0.628. The molecule has 1 heterocycles. The van der Waals surface area contributed by atoms with Crippen LogP contribution in [-0.2, 0) is 0 Å². The number of carbonyl (C=O) groups is 1. The first-order valence-electron chi connectivity index (χ1n) is 5.62. The van der Waals surface area contributed by atoms with Crippen molar-refractivity contribution in [2.75, 3.05) is 7.05 Å². The van der Waals surface area contributed by atoms with Gasteiger partial charge < -0.3 is 4.90 Å². The highest BCUT2D eigenvalue weighted by Crippen LogP contribution is 2.42. The van der Waals surface area contributed by atoms with Crippen LogP contribution in [0.1, 0.15) is 33.1 Å². The van der Waals surface area contributed by atoms with Crippen molar-refractivity contribution in [3.8, 4) is 0 Å². The van der Waals surface area contributed by atoms with E-state index in [-0.39, 0.29) is 11.6 Å². The van der Waals surface area contributed by atoms with Gasteiger partial charge in [-0.2, -0.15) is 0 Å². The minimum atomic E-state index is -0.344. The number of nitrogens with zero attached hydrogens (tertiary/aromatic N) is 1. The zero-order chi connectivity index (χ0) is 11.2. The molecule has 0 bridgehead atoms. The van der Waals surface area contributed by atoms with Crippen LogP contribution in [0.15, 0.2) is 0 Å². The molecule has 0 aromatic heterocycles. The average molecular weight is 209 g/mol. The minimum absolute atomic E-state index is 0.124. The third-order valence-electron chi connectivity index (χ3n) is 4.16. The number of amides is 2. The fourth-order valence-corrected chi connectivity index (χ4v) is 3.15. The predicted octanol–water partition coefficient (Wildman–Crippen LogP) is 1.81. The van der Waals surface area contributed by atoms with E-state index >= 15 is 0 Å². The van der Waals surface area contributed by atoms with Gasteiger partial charge in [-0.3, -0.25) is 10.7 Å². The predicted molar refractivity (Wildman–Crippen MR) is 58.9 cm³/mol. The summed E-state index contributed by atoms with van der Waals surface area (Å²) in [5.41, 5.74) is -0.344. The first-order chi connectivity index (χ1) is 6.98. The summed E-state index contributed by atoms with van der Waals surface area (Å²) in [5.74, 6) is 1.48. The minimum Gasteiger partial charge on any atom is -0.314 e. The highest BCUT2D eigenvalue weighted by Gasteiger charge is 2.53. The first kappa shape index (κ1) is 10.5. The molecule has 84 valence electrons. The Balaban J connectivity index is 2.32. The normalized spacial score (nSPS) is 41.1. The van der Waals surface area contributed by atoms with Gasteiger partial charge in [-0.15, -0.1) is 0 Å². The van der Waals surface area contributed by atoms with E-state index < -0.39 is 0 Å². The van der Waals surface area contributed by atoms with Crippen molar-refractivity contribution in [3.05, 3.63) is 0 Å². The number of hydrogen-bond acceptors (Lipinski definition) is 2. The third-order valence-corrected chi connectivity index (χ3v) is 4.16. The molecule has 1 saturated carbocycles. The summed E-state index contributed by atoms with van der Waals surface area (Å²) in [7, 11) is 1.81.